The van der Waals surface area contributed by atoms with E-state index in [1.54, 1.807) is 11.1 Å². The van der Waals surface area contributed by atoms with Crippen LogP contribution in [0, 0.1) is 0 Å². The molecular formula is C18H26Cl2Hf. The maximum atomic E-state index is 2.57. The third-order valence-corrected chi connectivity index (χ3v) is 9.98. The molecule has 0 nitrogen and oxygen atoms in total. The molecule has 116 valence electrons. The van der Waals surface area contributed by atoms with Crippen LogP contribution < -0.4 is 24.8 Å². The summed E-state index contributed by atoms with van der Waals surface area (Å²) in [7, 11) is 0. The molecule has 0 aliphatic heterocycles. The van der Waals surface area contributed by atoms with Crippen molar-refractivity contribution in [2.45, 2.75) is 59.7 Å². The Labute approximate surface area is 154 Å². The minimum atomic E-state index is -0.829. The molecule has 0 fully saturated rings. The van der Waals surface area contributed by atoms with Crippen molar-refractivity contribution in [2.24, 2.45) is 0 Å². The second kappa shape index (κ2) is 8.89. The minimum absolute atomic E-state index is 0. The van der Waals surface area contributed by atoms with E-state index in [1.165, 1.54) is 25.7 Å². The van der Waals surface area contributed by atoms with E-state index in [2.05, 4.69) is 64.2 Å². The molecule has 0 saturated carbocycles. The number of hydrogen-bond donors (Lipinski definition) is 0. The van der Waals surface area contributed by atoms with E-state index in [0.717, 1.165) is 0 Å². The monoisotopic (exact) mass is 492 g/mol. The zero-order chi connectivity index (χ0) is 13.9. The predicted molar refractivity (Wildman–Crippen MR) is 81.0 cm³/mol. The van der Waals surface area contributed by atoms with Crippen molar-refractivity contribution < 1.29 is 47.7 Å². The van der Waals surface area contributed by atoms with Crippen LogP contribution in [-0.4, -0.2) is 0 Å². The number of hydrogen-bond acceptors (Lipinski definition) is 0. The maximum Gasteiger partial charge on any atom is -1.00 e. The molecule has 2 unspecified atom stereocenters. The van der Waals surface area contributed by atoms with E-state index in [-0.39, 0.29) is 24.8 Å². The molecule has 0 aromatic rings. The molecule has 0 aromatic heterocycles. The fourth-order valence-corrected chi connectivity index (χ4v) is 10.4. The standard InChI is InChI=1S/2C9H13.2ClH.Hf/c2*1-3-4-9-6-5-8(2)7-9;;;/h2*5-7H,3-4H2,1-2H3;2*1H;/q;;;;+2/p-2. The van der Waals surface area contributed by atoms with E-state index in [9.17, 15) is 0 Å². The summed E-state index contributed by atoms with van der Waals surface area (Å²) in [4.78, 5) is 0. The summed E-state index contributed by atoms with van der Waals surface area (Å²) in [6.07, 6.45) is 19.9. The third-order valence-electron chi connectivity index (χ3n) is 3.87. The van der Waals surface area contributed by atoms with E-state index >= 15 is 0 Å². The van der Waals surface area contributed by atoms with Gasteiger partial charge in [0.25, 0.3) is 0 Å². The Hall–Kier alpha value is 0.410. The molecule has 0 aromatic carbocycles. The van der Waals surface area contributed by atoms with Gasteiger partial charge in [-0.2, -0.15) is 0 Å². The molecule has 2 aliphatic rings. The Bertz CT molecular complexity index is 420. The van der Waals surface area contributed by atoms with E-state index in [1.807, 2.05) is 0 Å². The Balaban J connectivity index is 0.00000200. The molecule has 2 aliphatic carbocycles. The average molecular weight is 492 g/mol. The second-order valence-electron chi connectivity index (χ2n) is 6.30. The summed E-state index contributed by atoms with van der Waals surface area (Å²) in [6, 6.07) is 0. The Kier molecular flexibility index (Phi) is 9.06. The zero-order valence-electron chi connectivity index (χ0n) is 13.5. The number of allylic oxidation sites excluding steroid dienone is 8. The minimum Gasteiger partial charge on any atom is -1.00 e. The zero-order valence-corrected chi connectivity index (χ0v) is 18.7. The summed E-state index contributed by atoms with van der Waals surface area (Å²) < 4.78 is 0.865. The average Bonchev–Trinajstić information content (AvgIpc) is 2.85. The van der Waals surface area contributed by atoms with Gasteiger partial charge in [-0.15, -0.1) is 0 Å². The van der Waals surface area contributed by atoms with Crippen LogP contribution in [0.15, 0.2) is 47.6 Å². The molecule has 0 heterocycles. The van der Waals surface area contributed by atoms with E-state index < -0.39 is 22.9 Å². The van der Waals surface area contributed by atoms with E-state index in [0.29, 0.717) is 6.34 Å². The van der Waals surface area contributed by atoms with Gasteiger partial charge >= 0.3 is 130 Å². The molecule has 2 atom stereocenters. The van der Waals surface area contributed by atoms with Crippen LogP contribution in [0.2, 0.25) is 6.34 Å². The summed E-state index contributed by atoms with van der Waals surface area (Å²) in [5, 5.41) is 0. The van der Waals surface area contributed by atoms with Crippen molar-refractivity contribution >= 4 is 0 Å². The van der Waals surface area contributed by atoms with Crippen LogP contribution in [0.25, 0.3) is 0 Å². The van der Waals surface area contributed by atoms with Crippen LogP contribution in [0.5, 0.6) is 0 Å². The van der Waals surface area contributed by atoms with E-state index in [4.69, 9.17) is 0 Å². The van der Waals surface area contributed by atoms with Crippen LogP contribution in [0.1, 0.15) is 53.4 Å². The van der Waals surface area contributed by atoms with Gasteiger partial charge in [-0.3, -0.25) is 0 Å². The first-order valence-corrected chi connectivity index (χ1v) is 11.2. The molecular weight excluding hydrogens is 466 g/mol. The van der Waals surface area contributed by atoms with Crippen molar-refractivity contribution in [3.05, 3.63) is 47.6 Å². The Morgan fingerprint density at radius 1 is 0.810 bits per heavy atom. The smallest absolute Gasteiger partial charge is 1.00 e. The van der Waals surface area contributed by atoms with Crippen molar-refractivity contribution in [2.75, 3.05) is 0 Å². The van der Waals surface area contributed by atoms with Gasteiger partial charge in [-0.25, -0.2) is 0 Å². The Morgan fingerprint density at radius 2 is 1.19 bits per heavy atom. The summed E-state index contributed by atoms with van der Waals surface area (Å²) in [5.41, 5.74) is 3.14. The van der Waals surface area contributed by atoms with Gasteiger partial charge in [0.15, 0.2) is 0 Å². The van der Waals surface area contributed by atoms with Crippen molar-refractivity contribution in [3.63, 3.8) is 0 Å². The number of rotatable bonds is 6. The van der Waals surface area contributed by atoms with Crippen LogP contribution in [-0.2, 0) is 22.9 Å². The van der Waals surface area contributed by atoms with Crippen molar-refractivity contribution in [1.82, 2.24) is 0 Å². The summed E-state index contributed by atoms with van der Waals surface area (Å²) in [5.74, 6) is 0. The molecule has 0 spiro atoms. The van der Waals surface area contributed by atoms with Gasteiger partial charge in [0.2, 0.25) is 0 Å². The molecule has 0 saturated heterocycles. The summed E-state index contributed by atoms with van der Waals surface area (Å²) >= 11 is -0.829. The SMILES string of the molecule is CCCC1=C[C](C)([Hf+2][C]2(C)C=CC(CCC)=C2)C=C1.[Cl-].[Cl-]. The first-order chi connectivity index (χ1) is 8.99. The van der Waals surface area contributed by atoms with Crippen molar-refractivity contribution in [3.8, 4) is 0 Å². The van der Waals surface area contributed by atoms with Crippen molar-refractivity contribution in [1.29, 1.82) is 0 Å². The van der Waals surface area contributed by atoms with Gasteiger partial charge in [-0.05, 0) is 0 Å². The first kappa shape index (κ1) is 21.4. The largest absolute Gasteiger partial charge is 1.00 e. The fraction of sp³-hybridized carbons (Fsp3) is 0.556. The van der Waals surface area contributed by atoms with Gasteiger partial charge in [-0.1, -0.05) is 0 Å². The maximum absolute atomic E-state index is 2.57. The normalized spacial score (nSPS) is 29.3. The van der Waals surface area contributed by atoms with Gasteiger partial charge in [0.05, 0.1) is 0 Å². The fourth-order valence-electron chi connectivity index (χ4n) is 3.15. The summed E-state index contributed by atoms with van der Waals surface area (Å²) in [6.45, 7) is 9.46. The quantitative estimate of drug-likeness (QED) is 0.460. The predicted octanol–water partition coefficient (Wildman–Crippen LogP) is 0.0267. The van der Waals surface area contributed by atoms with Gasteiger partial charge in [0, 0.05) is 0 Å². The van der Waals surface area contributed by atoms with Crippen LogP contribution in [0.4, 0.5) is 0 Å². The third kappa shape index (κ3) is 5.84. The topological polar surface area (TPSA) is 0 Å². The molecule has 21 heavy (non-hydrogen) atoms. The molecule has 0 N–H and O–H groups in total. The van der Waals surface area contributed by atoms with Gasteiger partial charge in [0.1, 0.15) is 0 Å². The molecule has 3 heteroatoms. The molecule has 0 amide bonds. The first-order valence-electron chi connectivity index (χ1n) is 7.60. The molecule has 0 bridgehead atoms. The second-order valence-corrected chi connectivity index (χ2v) is 14.9. The molecule has 2 rings (SSSR count). The molecule has 0 radical (unpaired) electrons. The Morgan fingerprint density at radius 3 is 1.52 bits per heavy atom. The van der Waals surface area contributed by atoms with Gasteiger partial charge < -0.3 is 24.8 Å². The van der Waals surface area contributed by atoms with Crippen LogP contribution in [0.3, 0.4) is 0 Å². The number of halogens is 2. The van der Waals surface area contributed by atoms with Crippen LogP contribution >= 0.6 is 0 Å².